The molecule has 0 bridgehead atoms. The summed E-state index contributed by atoms with van der Waals surface area (Å²) >= 11 is 0. The number of hydrogen-bond acceptors (Lipinski definition) is 3. The highest BCUT2D eigenvalue weighted by molar-refractivity contribution is 5.92. The van der Waals surface area contributed by atoms with Crippen molar-refractivity contribution in [1.82, 2.24) is 10.2 Å². The molecule has 0 radical (unpaired) electrons. The number of benzene rings is 1. The molecule has 1 aromatic carbocycles. The lowest BCUT2D eigenvalue weighted by atomic mass is 9.98. The van der Waals surface area contributed by atoms with Gasteiger partial charge in [0.05, 0.1) is 0 Å². The molecule has 1 fully saturated rings. The normalized spacial score (nSPS) is 18.2. The molecular formula is C18H21FN2O2. The van der Waals surface area contributed by atoms with Gasteiger partial charge in [-0.15, -0.1) is 0 Å². The smallest absolute Gasteiger partial charge is 0.289 e. The van der Waals surface area contributed by atoms with Gasteiger partial charge in [0.1, 0.15) is 11.6 Å². The quantitative estimate of drug-likeness (QED) is 0.942. The molecule has 122 valence electrons. The Kier molecular flexibility index (Phi) is 4.76. The maximum atomic E-state index is 13.0. The summed E-state index contributed by atoms with van der Waals surface area (Å²) in [6.45, 7) is 2.45. The fourth-order valence-corrected chi connectivity index (χ4v) is 3.08. The van der Waals surface area contributed by atoms with E-state index in [-0.39, 0.29) is 11.7 Å². The third-order valence-electron chi connectivity index (χ3n) is 4.24. The Balaban J connectivity index is 1.72. The van der Waals surface area contributed by atoms with Crippen molar-refractivity contribution in [3.05, 3.63) is 48.0 Å². The van der Waals surface area contributed by atoms with Crippen molar-refractivity contribution in [1.29, 1.82) is 0 Å². The molecular weight excluding hydrogens is 295 g/mol. The lowest BCUT2D eigenvalue weighted by Gasteiger charge is -2.32. The molecule has 0 spiro atoms. The zero-order chi connectivity index (χ0) is 16.2. The monoisotopic (exact) mass is 316 g/mol. The molecule has 3 rings (SSSR count). The van der Waals surface area contributed by atoms with E-state index in [1.54, 1.807) is 24.3 Å². The molecule has 0 saturated carbocycles. The average molecular weight is 316 g/mol. The molecule has 1 atom stereocenters. The van der Waals surface area contributed by atoms with Crippen molar-refractivity contribution in [3.8, 4) is 11.3 Å². The molecule has 5 heteroatoms. The zero-order valence-corrected chi connectivity index (χ0v) is 13.2. The van der Waals surface area contributed by atoms with Crippen LogP contribution in [0.25, 0.3) is 11.3 Å². The lowest BCUT2D eigenvalue weighted by Crippen LogP contribution is -2.42. The van der Waals surface area contributed by atoms with E-state index in [0.717, 1.165) is 38.0 Å². The highest BCUT2D eigenvalue weighted by atomic mass is 19.1. The molecule has 1 saturated heterocycles. The van der Waals surface area contributed by atoms with Crippen molar-refractivity contribution in [2.24, 2.45) is 5.92 Å². The van der Waals surface area contributed by atoms with Gasteiger partial charge in [-0.1, -0.05) is 0 Å². The maximum Gasteiger partial charge on any atom is 0.289 e. The van der Waals surface area contributed by atoms with E-state index in [1.807, 2.05) is 11.9 Å². The molecule has 23 heavy (non-hydrogen) atoms. The first kappa shape index (κ1) is 15.7. The van der Waals surface area contributed by atoms with Crippen LogP contribution in [0.3, 0.4) is 0 Å². The van der Waals surface area contributed by atoms with E-state index in [9.17, 15) is 9.18 Å². The fraction of sp³-hybridized carbons (Fsp3) is 0.389. The van der Waals surface area contributed by atoms with Crippen LogP contribution in [0.5, 0.6) is 0 Å². The summed E-state index contributed by atoms with van der Waals surface area (Å²) in [6.07, 6.45) is 2.16. The first-order chi connectivity index (χ1) is 11.2. The Labute approximate surface area is 135 Å². The molecule has 1 aliphatic heterocycles. The summed E-state index contributed by atoms with van der Waals surface area (Å²) in [7, 11) is 1.93. The van der Waals surface area contributed by atoms with Gasteiger partial charge < -0.3 is 14.6 Å². The van der Waals surface area contributed by atoms with Crippen molar-refractivity contribution in [2.45, 2.75) is 12.8 Å². The largest absolute Gasteiger partial charge is 0.451 e. The zero-order valence-electron chi connectivity index (χ0n) is 13.2. The molecule has 1 aliphatic rings. The predicted octanol–water partition coefficient (Wildman–Crippen LogP) is 3.16. The fourth-order valence-electron chi connectivity index (χ4n) is 3.08. The first-order valence-corrected chi connectivity index (χ1v) is 7.97. The van der Waals surface area contributed by atoms with Crippen LogP contribution < -0.4 is 5.32 Å². The van der Waals surface area contributed by atoms with Gasteiger partial charge in [0.2, 0.25) is 0 Å². The van der Waals surface area contributed by atoms with Gasteiger partial charge in [-0.25, -0.2) is 4.39 Å². The van der Waals surface area contributed by atoms with Gasteiger partial charge in [-0.2, -0.15) is 0 Å². The van der Waals surface area contributed by atoms with Crippen LogP contribution >= 0.6 is 0 Å². The van der Waals surface area contributed by atoms with Gasteiger partial charge in [-0.05, 0) is 68.8 Å². The summed E-state index contributed by atoms with van der Waals surface area (Å²) in [6, 6.07) is 9.51. The van der Waals surface area contributed by atoms with Crippen LogP contribution in [-0.2, 0) is 0 Å². The van der Waals surface area contributed by atoms with Crippen molar-refractivity contribution in [3.63, 3.8) is 0 Å². The average Bonchev–Trinajstić information content (AvgIpc) is 3.05. The van der Waals surface area contributed by atoms with Crippen molar-refractivity contribution < 1.29 is 13.6 Å². The minimum Gasteiger partial charge on any atom is -0.451 e. The Morgan fingerprint density at radius 3 is 2.83 bits per heavy atom. The summed E-state index contributed by atoms with van der Waals surface area (Å²) in [5, 5.41) is 3.17. The van der Waals surface area contributed by atoms with E-state index in [0.29, 0.717) is 17.4 Å². The van der Waals surface area contributed by atoms with E-state index in [1.165, 1.54) is 12.1 Å². The molecule has 1 N–H and O–H groups in total. The Morgan fingerprint density at radius 1 is 1.30 bits per heavy atom. The Bertz CT molecular complexity index is 664. The SMILES string of the molecule is CNCC1CCCN(C(=O)c2ccc(-c3ccc(F)cc3)o2)C1. The van der Waals surface area contributed by atoms with Gasteiger partial charge in [-0.3, -0.25) is 4.79 Å². The number of carbonyl (C=O) groups is 1. The number of carbonyl (C=O) groups excluding carboxylic acids is 1. The van der Waals surface area contributed by atoms with Gasteiger partial charge in [0.15, 0.2) is 5.76 Å². The molecule has 1 amide bonds. The minimum absolute atomic E-state index is 0.0702. The van der Waals surface area contributed by atoms with Crippen LogP contribution in [-0.4, -0.2) is 37.5 Å². The van der Waals surface area contributed by atoms with E-state index >= 15 is 0 Å². The summed E-state index contributed by atoms with van der Waals surface area (Å²) < 4.78 is 18.7. The van der Waals surface area contributed by atoms with Crippen LogP contribution in [0.1, 0.15) is 23.4 Å². The highest BCUT2D eigenvalue weighted by Crippen LogP contribution is 2.24. The highest BCUT2D eigenvalue weighted by Gasteiger charge is 2.26. The molecule has 1 aromatic heterocycles. The molecule has 0 aliphatic carbocycles. The topological polar surface area (TPSA) is 45.5 Å². The van der Waals surface area contributed by atoms with Gasteiger partial charge in [0, 0.05) is 18.7 Å². The Hall–Kier alpha value is -2.14. The summed E-state index contributed by atoms with van der Waals surface area (Å²) in [5.74, 6) is 1.05. The maximum absolute atomic E-state index is 13.0. The standard InChI is InChI=1S/C18H21FN2O2/c1-20-11-13-3-2-10-21(12-13)18(22)17-9-8-16(23-17)14-4-6-15(19)7-5-14/h4-9,13,20H,2-3,10-12H2,1H3. The number of hydrogen-bond donors (Lipinski definition) is 1. The lowest BCUT2D eigenvalue weighted by molar-refractivity contribution is 0.0643. The minimum atomic E-state index is -0.291. The van der Waals surface area contributed by atoms with Gasteiger partial charge in [0.25, 0.3) is 5.91 Å². The number of halogens is 1. The number of rotatable bonds is 4. The molecule has 1 unspecified atom stereocenters. The number of likely N-dealkylation sites (tertiary alicyclic amines) is 1. The number of nitrogens with zero attached hydrogens (tertiary/aromatic N) is 1. The molecule has 4 nitrogen and oxygen atoms in total. The van der Waals surface area contributed by atoms with Crippen LogP contribution in [0.4, 0.5) is 4.39 Å². The van der Waals surface area contributed by atoms with Crippen LogP contribution in [0.15, 0.2) is 40.8 Å². The molecule has 2 heterocycles. The summed E-state index contributed by atoms with van der Waals surface area (Å²) in [4.78, 5) is 14.5. The third-order valence-corrected chi connectivity index (χ3v) is 4.24. The Morgan fingerprint density at radius 2 is 2.09 bits per heavy atom. The van der Waals surface area contributed by atoms with E-state index in [4.69, 9.17) is 4.42 Å². The number of amides is 1. The van der Waals surface area contributed by atoms with Gasteiger partial charge >= 0.3 is 0 Å². The second kappa shape index (κ2) is 6.96. The molecule has 2 aromatic rings. The second-order valence-corrected chi connectivity index (χ2v) is 5.99. The van der Waals surface area contributed by atoms with Crippen LogP contribution in [0.2, 0.25) is 0 Å². The van der Waals surface area contributed by atoms with Crippen molar-refractivity contribution >= 4 is 5.91 Å². The van der Waals surface area contributed by atoms with Crippen LogP contribution in [0, 0.1) is 11.7 Å². The predicted molar refractivity (Wildman–Crippen MR) is 86.7 cm³/mol. The first-order valence-electron chi connectivity index (χ1n) is 7.97. The van der Waals surface area contributed by atoms with Crippen molar-refractivity contribution in [2.75, 3.05) is 26.7 Å². The number of piperidine rings is 1. The van der Waals surface area contributed by atoms with E-state index in [2.05, 4.69) is 5.32 Å². The van der Waals surface area contributed by atoms with E-state index < -0.39 is 0 Å². The summed E-state index contributed by atoms with van der Waals surface area (Å²) in [5.41, 5.74) is 0.761. The number of furan rings is 1. The second-order valence-electron chi connectivity index (χ2n) is 5.99. The third kappa shape index (κ3) is 3.62. The number of nitrogens with one attached hydrogen (secondary N) is 1.